The summed E-state index contributed by atoms with van der Waals surface area (Å²) >= 11 is 8.69. The van der Waals surface area contributed by atoms with Crippen LogP contribution < -0.4 is 10.3 Å². The number of nitrogens with zero attached hydrogens (tertiary/aromatic N) is 2. The summed E-state index contributed by atoms with van der Waals surface area (Å²) in [5, 5.41) is 14.4. The number of rotatable bonds is 3. The van der Waals surface area contributed by atoms with Crippen molar-refractivity contribution >= 4 is 45.2 Å². The topological polar surface area (TPSA) is 47.9 Å². The van der Waals surface area contributed by atoms with Gasteiger partial charge in [-0.15, -0.1) is 0 Å². The van der Waals surface area contributed by atoms with Crippen LogP contribution in [0.15, 0.2) is 69.5 Å². The first-order valence-electron chi connectivity index (χ1n) is 6.66. The zero-order chi connectivity index (χ0) is 15.9. The molecule has 114 valence electrons. The zero-order valence-corrected chi connectivity index (χ0v) is 14.4. The number of anilines is 1. The monoisotopic (exact) mass is 377 g/mol. The molecule has 1 aliphatic rings. The molecule has 2 N–H and O–H groups in total. The highest BCUT2D eigenvalue weighted by atomic mass is 79.9. The predicted molar refractivity (Wildman–Crippen MR) is 99.3 cm³/mol. The summed E-state index contributed by atoms with van der Waals surface area (Å²) in [6.07, 6.45) is 9.62. The lowest BCUT2D eigenvalue weighted by atomic mass is 10.2. The van der Waals surface area contributed by atoms with Crippen LogP contribution in [0.3, 0.4) is 0 Å². The third-order valence-corrected chi connectivity index (χ3v) is 3.93. The fraction of sp³-hybridized carbons (Fsp3) is 0.125. The molecule has 0 aromatic heterocycles. The Hall–Kier alpha value is -1.92. The van der Waals surface area contributed by atoms with Crippen LogP contribution >= 0.6 is 28.1 Å². The summed E-state index contributed by atoms with van der Waals surface area (Å²) in [6.45, 7) is 0. The standard InChI is InChI=1S/C16H16BrN3OS/c1-20(14-9-7-13(17)8-10-14)16(22)19-18-11-12-5-3-2-4-6-15(12)21/h2-3,5-11,21H,4H2,1H3,(H,19,22)/b18-11+. The number of halogens is 1. The van der Waals surface area contributed by atoms with Crippen LogP contribution in [-0.2, 0) is 0 Å². The highest BCUT2D eigenvalue weighted by molar-refractivity contribution is 9.10. The van der Waals surface area contributed by atoms with Crippen LogP contribution in [0, 0.1) is 0 Å². The van der Waals surface area contributed by atoms with Crippen molar-refractivity contribution < 1.29 is 5.11 Å². The van der Waals surface area contributed by atoms with E-state index in [0.717, 1.165) is 10.2 Å². The lowest BCUT2D eigenvalue weighted by Crippen LogP contribution is -2.34. The Morgan fingerprint density at radius 3 is 2.86 bits per heavy atom. The van der Waals surface area contributed by atoms with Crippen molar-refractivity contribution in [2.45, 2.75) is 6.42 Å². The maximum atomic E-state index is 9.81. The highest BCUT2D eigenvalue weighted by Crippen LogP contribution is 2.17. The molecule has 0 atom stereocenters. The Morgan fingerprint density at radius 2 is 2.14 bits per heavy atom. The van der Waals surface area contributed by atoms with Gasteiger partial charge in [0.15, 0.2) is 5.11 Å². The van der Waals surface area contributed by atoms with E-state index in [-0.39, 0.29) is 5.76 Å². The van der Waals surface area contributed by atoms with Crippen molar-refractivity contribution in [1.82, 2.24) is 5.43 Å². The molecule has 0 radical (unpaired) electrons. The molecule has 0 saturated heterocycles. The van der Waals surface area contributed by atoms with Gasteiger partial charge in [-0.3, -0.25) is 5.43 Å². The molecule has 0 heterocycles. The Bertz CT molecular complexity index is 662. The predicted octanol–water partition coefficient (Wildman–Crippen LogP) is 4.07. The van der Waals surface area contributed by atoms with Crippen molar-refractivity contribution in [3.05, 3.63) is 64.4 Å². The summed E-state index contributed by atoms with van der Waals surface area (Å²) in [5.41, 5.74) is 4.38. The van der Waals surface area contributed by atoms with Gasteiger partial charge < -0.3 is 10.0 Å². The summed E-state index contributed by atoms with van der Waals surface area (Å²) in [5.74, 6) is 0.211. The molecule has 2 rings (SSSR count). The number of benzene rings is 1. The molecular weight excluding hydrogens is 362 g/mol. The maximum absolute atomic E-state index is 9.81. The van der Waals surface area contributed by atoms with Gasteiger partial charge in [0, 0.05) is 22.8 Å². The molecule has 0 spiro atoms. The van der Waals surface area contributed by atoms with Crippen molar-refractivity contribution in [2.75, 3.05) is 11.9 Å². The summed E-state index contributed by atoms with van der Waals surface area (Å²) in [4.78, 5) is 1.82. The summed E-state index contributed by atoms with van der Waals surface area (Å²) in [6, 6.07) is 7.80. The molecule has 1 aromatic carbocycles. The zero-order valence-electron chi connectivity index (χ0n) is 12.0. The third kappa shape index (κ3) is 4.54. The van der Waals surface area contributed by atoms with E-state index in [9.17, 15) is 5.11 Å². The normalized spacial score (nSPS) is 14.3. The SMILES string of the molecule is CN(C(=S)N/N=C/C1=CC=CCC=C1O)c1ccc(Br)cc1. The Morgan fingerprint density at radius 1 is 1.41 bits per heavy atom. The number of aliphatic hydroxyl groups excluding tert-OH is 1. The molecule has 22 heavy (non-hydrogen) atoms. The molecule has 4 nitrogen and oxygen atoms in total. The summed E-state index contributed by atoms with van der Waals surface area (Å²) < 4.78 is 1.01. The van der Waals surface area contributed by atoms with Gasteiger partial charge in [-0.1, -0.05) is 28.1 Å². The molecule has 0 unspecified atom stereocenters. The Balaban J connectivity index is 1.97. The molecule has 6 heteroatoms. The number of hydrogen-bond donors (Lipinski definition) is 2. The van der Waals surface area contributed by atoms with Crippen molar-refractivity contribution in [1.29, 1.82) is 0 Å². The second kappa shape index (κ2) is 7.91. The average Bonchev–Trinajstić information content (AvgIpc) is 2.72. The van der Waals surface area contributed by atoms with Gasteiger partial charge in [-0.05, 0) is 55.1 Å². The fourth-order valence-corrected chi connectivity index (χ4v) is 2.18. The molecule has 0 fully saturated rings. The van der Waals surface area contributed by atoms with E-state index < -0.39 is 0 Å². The molecule has 0 amide bonds. The lowest BCUT2D eigenvalue weighted by molar-refractivity contribution is 0.427. The smallest absolute Gasteiger partial charge is 0.193 e. The number of allylic oxidation sites excluding steroid dienone is 5. The first kappa shape index (κ1) is 16.5. The van der Waals surface area contributed by atoms with Gasteiger partial charge in [0.1, 0.15) is 5.76 Å². The van der Waals surface area contributed by atoms with Gasteiger partial charge in [0.05, 0.1) is 6.21 Å². The van der Waals surface area contributed by atoms with Crippen LogP contribution in [-0.4, -0.2) is 23.5 Å². The quantitative estimate of drug-likeness (QED) is 0.473. The van der Waals surface area contributed by atoms with E-state index in [0.29, 0.717) is 17.1 Å². The minimum Gasteiger partial charge on any atom is -0.508 e. The fourth-order valence-electron chi connectivity index (χ4n) is 1.76. The number of hydrogen-bond acceptors (Lipinski definition) is 3. The second-order valence-electron chi connectivity index (χ2n) is 4.59. The maximum Gasteiger partial charge on any atom is 0.193 e. The van der Waals surface area contributed by atoms with Crippen LogP contribution in [0.1, 0.15) is 6.42 Å². The number of thiocarbonyl (C=S) groups is 1. The van der Waals surface area contributed by atoms with E-state index in [2.05, 4.69) is 26.5 Å². The van der Waals surface area contributed by atoms with Crippen molar-refractivity contribution in [3.63, 3.8) is 0 Å². The number of aliphatic hydroxyl groups is 1. The first-order valence-corrected chi connectivity index (χ1v) is 7.86. The molecule has 1 aliphatic carbocycles. The lowest BCUT2D eigenvalue weighted by Gasteiger charge is -2.19. The molecule has 1 aromatic rings. The van der Waals surface area contributed by atoms with E-state index in [1.54, 1.807) is 18.4 Å². The second-order valence-corrected chi connectivity index (χ2v) is 5.89. The average molecular weight is 378 g/mol. The minimum atomic E-state index is 0.211. The molecular formula is C16H16BrN3OS. The Labute approximate surface area is 143 Å². The number of nitrogens with one attached hydrogen (secondary N) is 1. The van der Waals surface area contributed by atoms with Crippen molar-refractivity contribution in [2.24, 2.45) is 5.10 Å². The van der Waals surface area contributed by atoms with E-state index in [1.807, 2.05) is 48.4 Å². The van der Waals surface area contributed by atoms with Crippen LogP contribution in [0.2, 0.25) is 0 Å². The van der Waals surface area contributed by atoms with E-state index in [1.165, 1.54) is 0 Å². The minimum absolute atomic E-state index is 0.211. The van der Waals surface area contributed by atoms with E-state index >= 15 is 0 Å². The van der Waals surface area contributed by atoms with Gasteiger partial charge >= 0.3 is 0 Å². The first-order chi connectivity index (χ1) is 10.6. The molecule has 0 aliphatic heterocycles. The van der Waals surface area contributed by atoms with Gasteiger partial charge in [-0.2, -0.15) is 5.10 Å². The van der Waals surface area contributed by atoms with Gasteiger partial charge in [0.2, 0.25) is 0 Å². The highest BCUT2D eigenvalue weighted by Gasteiger charge is 2.06. The Kier molecular flexibility index (Phi) is 5.91. The van der Waals surface area contributed by atoms with Crippen LogP contribution in [0.4, 0.5) is 5.69 Å². The van der Waals surface area contributed by atoms with Crippen LogP contribution in [0.5, 0.6) is 0 Å². The summed E-state index contributed by atoms with van der Waals surface area (Å²) in [7, 11) is 1.86. The van der Waals surface area contributed by atoms with Crippen molar-refractivity contribution in [3.8, 4) is 0 Å². The third-order valence-electron chi connectivity index (χ3n) is 3.04. The molecule has 0 bridgehead atoms. The van der Waals surface area contributed by atoms with Crippen LogP contribution in [0.25, 0.3) is 0 Å². The number of hydrazone groups is 1. The van der Waals surface area contributed by atoms with Gasteiger partial charge in [0.25, 0.3) is 0 Å². The van der Waals surface area contributed by atoms with Gasteiger partial charge in [-0.25, -0.2) is 0 Å². The molecule has 0 saturated carbocycles. The largest absolute Gasteiger partial charge is 0.508 e. The van der Waals surface area contributed by atoms with E-state index in [4.69, 9.17) is 12.2 Å².